The summed E-state index contributed by atoms with van der Waals surface area (Å²) in [5.74, 6) is 0.917. The molecule has 1 N–H and O–H groups in total. The lowest BCUT2D eigenvalue weighted by atomic mass is 10.0. The summed E-state index contributed by atoms with van der Waals surface area (Å²) in [6.07, 6.45) is 0. The molecule has 5 heteroatoms. The van der Waals surface area contributed by atoms with E-state index in [-0.39, 0.29) is 6.61 Å². The molecule has 4 nitrogen and oxygen atoms in total. The van der Waals surface area contributed by atoms with Gasteiger partial charge < -0.3 is 14.6 Å². The van der Waals surface area contributed by atoms with E-state index in [1.54, 1.807) is 6.07 Å². The first-order chi connectivity index (χ1) is 15.2. The second-order valence-electron chi connectivity index (χ2n) is 7.06. The molecule has 31 heavy (non-hydrogen) atoms. The smallest absolute Gasteiger partial charge is 0.225 e. The molecule has 0 aliphatic heterocycles. The van der Waals surface area contributed by atoms with Gasteiger partial charge in [0, 0.05) is 16.7 Å². The maximum Gasteiger partial charge on any atom is 0.225 e. The Balaban J connectivity index is 1.63. The van der Waals surface area contributed by atoms with Crippen molar-refractivity contribution in [2.45, 2.75) is 19.8 Å². The molecule has 0 spiro atoms. The average molecular weight is 432 g/mol. The normalized spacial score (nSPS) is 10.6. The Labute approximate surface area is 186 Å². The molecule has 156 valence electrons. The molecule has 4 aromatic rings. The third-order valence-electron chi connectivity index (χ3n) is 4.73. The summed E-state index contributed by atoms with van der Waals surface area (Å²) in [5.41, 5.74) is 4.42. The Morgan fingerprint density at radius 1 is 0.710 bits per heavy atom. The number of nitrogens with zero attached hydrogens (tertiary/aromatic N) is 1. The summed E-state index contributed by atoms with van der Waals surface area (Å²) >= 11 is 6.26. The summed E-state index contributed by atoms with van der Waals surface area (Å²) < 4.78 is 12.0. The highest BCUT2D eigenvalue weighted by Crippen LogP contribution is 2.33. The third kappa shape index (κ3) is 5.63. The quantitative estimate of drug-likeness (QED) is 0.369. The molecule has 1 heterocycles. The minimum Gasteiger partial charge on any atom is -0.473 e. The summed E-state index contributed by atoms with van der Waals surface area (Å²) in [4.78, 5) is 4.61. The zero-order valence-corrected chi connectivity index (χ0v) is 17.6. The Morgan fingerprint density at radius 3 is 2.00 bits per heavy atom. The van der Waals surface area contributed by atoms with Gasteiger partial charge in [-0.2, -0.15) is 4.98 Å². The summed E-state index contributed by atoms with van der Waals surface area (Å²) in [7, 11) is 0. The summed E-state index contributed by atoms with van der Waals surface area (Å²) in [5, 5.41) is 10.1. The molecule has 3 aromatic carbocycles. The zero-order chi connectivity index (χ0) is 21.5. The van der Waals surface area contributed by atoms with Gasteiger partial charge in [0.1, 0.15) is 13.2 Å². The number of aliphatic hydroxyl groups excluding tert-OH is 1. The van der Waals surface area contributed by atoms with Gasteiger partial charge in [-0.3, -0.25) is 0 Å². The number of rotatable bonds is 8. The van der Waals surface area contributed by atoms with Crippen LogP contribution in [0.1, 0.15) is 16.7 Å². The molecular weight excluding hydrogens is 410 g/mol. The highest BCUT2D eigenvalue weighted by Gasteiger charge is 2.13. The van der Waals surface area contributed by atoms with Gasteiger partial charge in [0.05, 0.1) is 6.61 Å². The van der Waals surface area contributed by atoms with E-state index >= 15 is 0 Å². The van der Waals surface area contributed by atoms with Crippen LogP contribution < -0.4 is 9.47 Å². The molecule has 0 saturated carbocycles. The molecule has 0 amide bonds. The van der Waals surface area contributed by atoms with Crippen molar-refractivity contribution in [3.8, 4) is 22.9 Å². The molecule has 0 fully saturated rings. The topological polar surface area (TPSA) is 51.6 Å². The summed E-state index contributed by atoms with van der Waals surface area (Å²) in [6.45, 7) is 0.688. The minimum absolute atomic E-state index is 0.0978. The third-order valence-corrected chi connectivity index (χ3v) is 4.95. The van der Waals surface area contributed by atoms with E-state index in [0.29, 0.717) is 30.0 Å². The first-order valence-electron chi connectivity index (χ1n) is 9.96. The minimum atomic E-state index is -0.0978. The maximum atomic E-state index is 9.55. The van der Waals surface area contributed by atoms with Crippen LogP contribution in [-0.2, 0) is 19.8 Å². The van der Waals surface area contributed by atoms with Crippen LogP contribution in [0, 0.1) is 0 Å². The fourth-order valence-electron chi connectivity index (χ4n) is 3.19. The van der Waals surface area contributed by atoms with Crippen LogP contribution in [0.2, 0.25) is 5.02 Å². The standard InChI is InChI=1S/C26H22ClNO3/c27-23-14-21(16-29)13-22(15-23)24-11-12-25(30-17-19-7-3-1-4-8-19)28-26(24)31-18-20-9-5-2-6-10-20/h1-15,29H,16-18H2. The van der Waals surface area contributed by atoms with Crippen LogP contribution in [-0.4, -0.2) is 10.1 Å². The van der Waals surface area contributed by atoms with Crippen LogP contribution in [0.3, 0.4) is 0 Å². The van der Waals surface area contributed by atoms with Gasteiger partial charge >= 0.3 is 0 Å². The van der Waals surface area contributed by atoms with Crippen molar-refractivity contribution in [1.82, 2.24) is 4.98 Å². The number of hydrogen-bond donors (Lipinski definition) is 1. The SMILES string of the molecule is OCc1cc(Cl)cc(-c2ccc(OCc3ccccc3)nc2OCc2ccccc2)c1. The van der Waals surface area contributed by atoms with Gasteiger partial charge in [-0.25, -0.2) is 0 Å². The molecule has 0 bridgehead atoms. The van der Waals surface area contributed by atoms with Crippen LogP contribution >= 0.6 is 11.6 Å². The van der Waals surface area contributed by atoms with E-state index < -0.39 is 0 Å². The van der Waals surface area contributed by atoms with Crippen molar-refractivity contribution >= 4 is 11.6 Å². The molecule has 0 unspecified atom stereocenters. The van der Waals surface area contributed by atoms with Crippen molar-refractivity contribution in [3.05, 3.63) is 113 Å². The first kappa shape index (κ1) is 20.9. The van der Waals surface area contributed by atoms with Crippen LogP contribution in [0.15, 0.2) is 91.0 Å². The Kier molecular flexibility index (Phi) is 6.82. The van der Waals surface area contributed by atoms with E-state index in [1.165, 1.54) is 0 Å². The van der Waals surface area contributed by atoms with Crippen molar-refractivity contribution in [2.24, 2.45) is 0 Å². The number of pyridine rings is 1. The van der Waals surface area contributed by atoms with Crippen molar-refractivity contribution < 1.29 is 14.6 Å². The van der Waals surface area contributed by atoms with E-state index in [1.807, 2.05) is 84.9 Å². The number of aromatic nitrogens is 1. The Hall–Kier alpha value is -3.34. The predicted octanol–water partition coefficient (Wildman–Crippen LogP) is 6.05. The van der Waals surface area contributed by atoms with Crippen LogP contribution in [0.5, 0.6) is 11.8 Å². The number of halogens is 1. The highest BCUT2D eigenvalue weighted by atomic mass is 35.5. The predicted molar refractivity (Wildman–Crippen MR) is 122 cm³/mol. The lowest BCUT2D eigenvalue weighted by Gasteiger charge is -2.14. The average Bonchev–Trinajstić information content (AvgIpc) is 2.82. The van der Waals surface area contributed by atoms with Gasteiger partial charge in [-0.15, -0.1) is 0 Å². The van der Waals surface area contributed by atoms with Gasteiger partial charge in [0.25, 0.3) is 0 Å². The van der Waals surface area contributed by atoms with Crippen LogP contribution in [0.4, 0.5) is 0 Å². The second-order valence-corrected chi connectivity index (χ2v) is 7.49. The van der Waals surface area contributed by atoms with E-state index in [4.69, 9.17) is 21.1 Å². The first-order valence-corrected chi connectivity index (χ1v) is 10.3. The lowest BCUT2D eigenvalue weighted by Crippen LogP contribution is -2.02. The van der Waals surface area contributed by atoms with E-state index in [2.05, 4.69) is 4.98 Å². The molecular formula is C26H22ClNO3. The fraction of sp³-hybridized carbons (Fsp3) is 0.115. The molecule has 0 atom stereocenters. The lowest BCUT2D eigenvalue weighted by molar-refractivity contribution is 0.268. The molecule has 4 rings (SSSR count). The number of ether oxygens (including phenoxy) is 2. The Bertz CT molecular complexity index is 1130. The van der Waals surface area contributed by atoms with E-state index in [0.717, 1.165) is 27.8 Å². The zero-order valence-electron chi connectivity index (χ0n) is 16.9. The fourth-order valence-corrected chi connectivity index (χ4v) is 3.45. The Morgan fingerprint density at radius 2 is 1.35 bits per heavy atom. The number of benzene rings is 3. The highest BCUT2D eigenvalue weighted by molar-refractivity contribution is 6.31. The molecule has 0 radical (unpaired) electrons. The molecule has 0 aliphatic carbocycles. The second kappa shape index (κ2) is 10.1. The number of aliphatic hydroxyl groups is 1. The monoisotopic (exact) mass is 431 g/mol. The molecule has 0 aliphatic rings. The maximum absolute atomic E-state index is 9.55. The van der Waals surface area contributed by atoms with Crippen molar-refractivity contribution in [1.29, 1.82) is 0 Å². The molecule has 0 saturated heterocycles. The van der Waals surface area contributed by atoms with Gasteiger partial charge in [-0.05, 0) is 46.5 Å². The largest absolute Gasteiger partial charge is 0.473 e. The van der Waals surface area contributed by atoms with Crippen molar-refractivity contribution in [2.75, 3.05) is 0 Å². The molecule has 1 aromatic heterocycles. The van der Waals surface area contributed by atoms with Crippen LogP contribution in [0.25, 0.3) is 11.1 Å². The number of hydrogen-bond acceptors (Lipinski definition) is 4. The van der Waals surface area contributed by atoms with Gasteiger partial charge in [0.2, 0.25) is 11.8 Å². The van der Waals surface area contributed by atoms with E-state index in [9.17, 15) is 5.11 Å². The van der Waals surface area contributed by atoms with Gasteiger partial charge in [-0.1, -0.05) is 72.3 Å². The summed E-state index contributed by atoms with van der Waals surface area (Å²) in [6, 6.07) is 29.0. The van der Waals surface area contributed by atoms with Gasteiger partial charge in [0.15, 0.2) is 0 Å². The van der Waals surface area contributed by atoms with Crippen molar-refractivity contribution in [3.63, 3.8) is 0 Å².